The Balaban J connectivity index is 2.00. The van der Waals surface area contributed by atoms with E-state index in [-0.39, 0.29) is 0 Å². The Morgan fingerprint density at radius 2 is 2.31 bits per heavy atom. The van der Waals surface area contributed by atoms with Crippen LogP contribution in [0.2, 0.25) is 0 Å². The van der Waals surface area contributed by atoms with Crippen molar-refractivity contribution in [3.8, 4) is 0 Å². The van der Waals surface area contributed by atoms with Crippen LogP contribution in [0.3, 0.4) is 0 Å². The van der Waals surface area contributed by atoms with Crippen molar-refractivity contribution >= 4 is 23.5 Å². The van der Waals surface area contributed by atoms with Crippen LogP contribution in [0, 0.1) is 0 Å². The highest BCUT2D eigenvalue weighted by atomic mass is 32.2. The summed E-state index contributed by atoms with van der Waals surface area (Å²) in [6.07, 6.45) is 4.93. The molecular weight excluding hydrogens is 240 g/mol. The predicted octanol–water partition coefficient (Wildman–Crippen LogP) is 2.67. The van der Waals surface area contributed by atoms with E-state index < -0.39 is 6.10 Å². The highest BCUT2D eigenvalue weighted by Crippen LogP contribution is 2.37. The molecule has 2 nitrogen and oxygen atoms in total. The lowest BCUT2D eigenvalue weighted by atomic mass is 10.1. The minimum atomic E-state index is -0.400. The second-order valence-electron chi connectivity index (χ2n) is 4.19. The molecule has 2 heterocycles. The molecule has 1 N–H and O–H groups in total. The van der Waals surface area contributed by atoms with Crippen LogP contribution in [0.15, 0.2) is 11.8 Å². The average Bonchev–Trinajstić information content (AvgIpc) is 2.39. The summed E-state index contributed by atoms with van der Waals surface area (Å²) in [6.45, 7) is 2.98. The lowest BCUT2D eigenvalue weighted by Crippen LogP contribution is -2.38. The maximum absolute atomic E-state index is 10.4. The zero-order valence-electron chi connectivity index (χ0n) is 9.72. The van der Waals surface area contributed by atoms with E-state index in [1.165, 1.54) is 5.75 Å². The van der Waals surface area contributed by atoms with E-state index in [9.17, 15) is 5.11 Å². The maximum Gasteiger partial charge on any atom is 0.124 e. The predicted molar refractivity (Wildman–Crippen MR) is 72.1 cm³/mol. The second-order valence-corrected chi connectivity index (χ2v) is 6.83. The first-order valence-corrected chi connectivity index (χ1v) is 8.16. The molecule has 0 aromatic heterocycles. The highest BCUT2D eigenvalue weighted by molar-refractivity contribution is 8.07. The average molecular weight is 260 g/mol. The molecule has 16 heavy (non-hydrogen) atoms. The van der Waals surface area contributed by atoms with Crippen molar-refractivity contribution in [2.75, 3.05) is 18.1 Å². The monoisotopic (exact) mass is 260 g/mol. The minimum absolute atomic E-state index is 0.313. The first-order chi connectivity index (χ1) is 7.83. The van der Waals surface area contributed by atoms with Crippen molar-refractivity contribution in [3.05, 3.63) is 11.8 Å². The molecule has 4 heteroatoms. The first kappa shape index (κ1) is 12.7. The van der Waals surface area contributed by atoms with Crippen LogP contribution in [0.25, 0.3) is 0 Å². The molecule has 0 saturated carbocycles. The first-order valence-electron chi connectivity index (χ1n) is 6.07. The number of aliphatic hydroxyl groups is 1. The zero-order chi connectivity index (χ0) is 11.4. The molecule has 0 aliphatic carbocycles. The van der Waals surface area contributed by atoms with Crippen molar-refractivity contribution in [2.24, 2.45) is 0 Å². The van der Waals surface area contributed by atoms with Gasteiger partial charge in [-0.2, -0.15) is 23.5 Å². The Kier molecular flexibility index (Phi) is 4.92. The summed E-state index contributed by atoms with van der Waals surface area (Å²) in [5.41, 5.74) is 0. The van der Waals surface area contributed by atoms with Crippen LogP contribution in [0.5, 0.6) is 0 Å². The van der Waals surface area contributed by atoms with Gasteiger partial charge in [-0.15, -0.1) is 0 Å². The fraction of sp³-hybridized carbons (Fsp3) is 0.833. The summed E-state index contributed by atoms with van der Waals surface area (Å²) >= 11 is 3.91. The Labute approximate surface area is 106 Å². The summed E-state index contributed by atoms with van der Waals surface area (Å²) in [4.78, 5) is 0. The molecule has 0 amide bonds. The number of aliphatic hydroxyl groups excluding tert-OH is 1. The number of hydrogen-bond donors (Lipinski definition) is 1. The lowest BCUT2D eigenvalue weighted by molar-refractivity contribution is 0.0894. The molecule has 0 aromatic rings. The van der Waals surface area contributed by atoms with E-state index in [1.54, 1.807) is 0 Å². The molecule has 0 aromatic carbocycles. The fourth-order valence-electron chi connectivity index (χ4n) is 2.18. The summed E-state index contributed by atoms with van der Waals surface area (Å²) in [5, 5.41) is 11.3. The van der Waals surface area contributed by atoms with Gasteiger partial charge in [-0.1, -0.05) is 6.92 Å². The number of hydrogen-bond acceptors (Lipinski definition) is 4. The molecule has 0 spiro atoms. The Bertz CT molecular complexity index is 255. The minimum Gasteiger partial charge on any atom is -0.495 e. The summed E-state index contributed by atoms with van der Waals surface area (Å²) < 4.78 is 5.57. The summed E-state index contributed by atoms with van der Waals surface area (Å²) in [5.74, 6) is 3.19. The highest BCUT2D eigenvalue weighted by Gasteiger charge is 2.34. The molecule has 3 unspecified atom stereocenters. The zero-order valence-corrected chi connectivity index (χ0v) is 11.4. The third-order valence-electron chi connectivity index (χ3n) is 3.06. The van der Waals surface area contributed by atoms with Crippen LogP contribution in [-0.4, -0.2) is 39.8 Å². The van der Waals surface area contributed by atoms with E-state index in [0.29, 0.717) is 10.5 Å². The van der Waals surface area contributed by atoms with Crippen LogP contribution < -0.4 is 0 Å². The number of allylic oxidation sites excluding steroid dienone is 1. The van der Waals surface area contributed by atoms with Gasteiger partial charge in [0.1, 0.15) is 11.9 Å². The van der Waals surface area contributed by atoms with Gasteiger partial charge in [0.25, 0.3) is 0 Å². The molecule has 2 rings (SSSR count). The third kappa shape index (κ3) is 2.90. The van der Waals surface area contributed by atoms with Gasteiger partial charge in [-0.05, 0) is 25.3 Å². The van der Waals surface area contributed by atoms with Gasteiger partial charge in [-0.3, -0.25) is 0 Å². The molecule has 3 atom stereocenters. The molecule has 0 radical (unpaired) electrons. The normalized spacial score (nSPS) is 32.8. The van der Waals surface area contributed by atoms with E-state index in [0.717, 1.165) is 37.4 Å². The largest absolute Gasteiger partial charge is 0.495 e. The van der Waals surface area contributed by atoms with E-state index in [1.807, 2.05) is 23.5 Å². The third-order valence-corrected chi connectivity index (χ3v) is 6.40. The van der Waals surface area contributed by atoms with Gasteiger partial charge in [0.15, 0.2) is 0 Å². The summed E-state index contributed by atoms with van der Waals surface area (Å²) in [6, 6.07) is 0. The molecule has 2 aliphatic heterocycles. The van der Waals surface area contributed by atoms with Gasteiger partial charge >= 0.3 is 0 Å². The molecule has 92 valence electrons. The number of rotatable bonds is 3. The van der Waals surface area contributed by atoms with Gasteiger partial charge in [0.2, 0.25) is 0 Å². The molecule has 0 bridgehead atoms. The van der Waals surface area contributed by atoms with Gasteiger partial charge in [-0.25, -0.2) is 0 Å². The van der Waals surface area contributed by atoms with Crippen LogP contribution in [0.1, 0.15) is 26.2 Å². The van der Waals surface area contributed by atoms with Crippen molar-refractivity contribution in [3.63, 3.8) is 0 Å². The van der Waals surface area contributed by atoms with Crippen molar-refractivity contribution in [1.82, 2.24) is 0 Å². The van der Waals surface area contributed by atoms with Crippen molar-refractivity contribution in [2.45, 2.75) is 42.8 Å². The van der Waals surface area contributed by atoms with Crippen LogP contribution >= 0.6 is 23.5 Å². The quantitative estimate of drug-likeness (QED) is 0.845. The standard InChI is InChI=1S/C12H20O2S2/c1-2-10-12(16-8-7-15-10)11(13)9-5-3-4-6-14-9/h5,10-13H,2-4,6-8H2,1H3. The lowest BCUT2D eigenvalue weighted by Gasteiger charge is -2.34. The smallest absolute Gasteiger partial charge is 0.124 e. The van der Waals surface area contributed by atoms with E-state index in [2.05, 4.69) is 13.0 Å². The Morgan fingerprint density at radius 3 is 3.00 bits per heavy atom. The van der Waals surface area contributed by atoms with E-state index in [4.69, 9.17) is 4.74 Å². The van der Waals surface area contributed by atoms with Crippen molar-refractivity contribution in [1.29, 1.82) is 0 Å². The van der Waals surface area contributed by atoms with Gasteiger partial charge in [0, 0.05) is 22.0 Å². The van der Waals surface area contributed by atoms with E-state index >= 15 is 0 Å². The molecule has 1 saturated heterocycles. The molecule has 2 aliphatic rings. The Hall–Kier alpha value is 0.200. The number of thioether (sulfide) groups is 2. The second kappa shape index (κ2) is 6.22. The molecular formula is C12H20O2S2. The van der Waals surface area contributed by atoms with Crippen molar-refractivity contribution < 1.29 is 9.84 Å². The Morgan fingerprint density at radius 1 is 1.50 bits per heavy atom. The van der Waals surface area contributed by atoms with Gasteiger partial charge < -0.3 is 9.84 Å². The fourth-order valence-corrected chi connectivity index (χ4v) is 5.29. The molecule has 1 fully saturated rings. The SMILES string of the molecule is CCC1SCCSC1C(O)C1=CCCCO1. The topological polar surface area (TPSA) is 29.5 Å². The van der Waals surface area contributed by atoms with Gasteiger partial charge in [0.05, 0.1) is 6.61 Å². The van der Waals surface area contributed by atoms with Crippen LogP contribution in [-0.2, 0) is 4.74 Å². The number of ether oxygens (including phenoxy) is 1. The van der Waals surface area contributed by atoms with Crippen LogP contribution in [0.4, 0.5) is 0 Å². The summed E-state index contributed by atoms with van der Waals surface area (Å²) in [7, 11) is 0. The maximum atomic E-state index is 10.4.